The van der Waals surface area contributed by atoms with Gasteiger partial charge in [-0.25, -0.2) is 0 Å². The zero-order chi connectivity index (χ0) is 18.7. The molecule has 0 radical (unpaired) electrons. The van der Waals surface area contributed by atoms with Gasteiger partial charge in [0.1, 0.15) is 36.6 Å². The van der Waals surface area contributed by atoms with Crippen LogP contribution < -0.4 is 0 Å². The lowest BCUT2D eigenvalue weighted by atomic mass is 9.91. The van der Waals surface area contributed by atoms with Crippen LogP contribution >= 0.6 is 0 Å². The number of fused-ring (bicyclic) bond motifs is 5. The van der Waals surface area contributed by atoms with Gasteiger partial charge >= 0.3 is 5.97 Å². The normalized spacial score (nSPS) is 45.5. The van der Waals surface area contributed by atoms with Gasteiger partial charge in [0.25, 0.3) is 0 Å². The summed E-state index contributed by atoms with van der Waals surface area (Å²) in [5.41, 5.74) is 0. The minimum Gasteiger partial charge on any atom is -0.466 e. The fourth-order valence-electron chi connectivity index (χ4n) is 4.28. The molecule has 7 atom stereocenters. The van der Waals surface area contributed by atoms with Gasteiger partial charge in [0.2, 0.25) is 0 Å². The molecule has 4 rings (SSSR count). The third kappa shape index (κ3) is 3.27. The maximum Gasteiger partial charge on any atom is 0.308 e. The monoisotopic (exact) mass is 372 g/mol. The minimum absolute atomic E-state index is 0.106. The second-order valence-electron chi connectivity index (χ2n) is 8.15. The van der Waals surface area contributed by atoms with E-state index in [1.807, 2.05) is 27.7 Å². The molecule has 0 aromatic rings. The molecule has 0 spiro atoms. The Bertz CT molecular complexity index is 561. The van der Waals surface area contributed by atoms with Crippen molar-refractivity contribution in [1.29, 1.82) is 0 Å². The van der Waals surface area contributed by atoms with Gasteiger partial charge in [0, 0.05) is 0 Å². The second kappa shape index (κ2) is 6.39. The van der Waals surface area contributed by atoms with Crippen molar-refractivity contribution in [2.24, 2.45) is 0 Å². The van der Waals surface area contributed by atoms with E-state index in [-0.39, 0.29) is 42.9 Å². The Morgan fingerprint density at radius 3 is 2.31 bits per heavy atom. The maximum atomic E-state index is 12.1. The smallest absolute Gasteiger partial charge is 0.308 e. The van der Waals surface area contributed by atoms with Gasteiger partial charge in [-0.3, -0.25) is 4.79 Å². The average molecular weight is 372 g/mol. The molecule has 0 amide bonds. The molecule has 0 saturated carbocycles. The number of hydrogen-bond acceptors (Lipinski definition) is 8. The van der Waals surface area contributed by atoms with Crippen LogP contribution in [0, 0.1) is 0 Å². The lowest BCUT2D eigenvalue weighted by Gasteiger charge is -2.42. The van der Waals surface area contributed by atoms with Crippen LogP contribution in [0.1, 0.15) is 41.0 Å². The molecule has 0 N–H and O–H groups in total. The van der Waals surface area contributed by atoms with Gasteiger partial charge in [0.05, 0.1) is 25.7 Å². The SMILES string of the molecule is CCOC(=O)C[C@@H]1O[C@@H]2[C@@H](O[C@@H]3COC(C)(C)O[C@H]23)[C@H]2OC(C)(C)O[C@H]21. The summed E-state index contributed by atoms with van der Waals surface area (Å²) in [6, 6.07) is 0. The van der Waals surface area contributed by atoms with E-state index < -0.39 is 23.8 Å². The quantitative estimate of drug-likeness (QED) is 0.683. The fourth-order valence-corrected chi connectivity index (χ4v) is 4.28. The molecule has 8 heteroatoms. The molecule has 8 nitrogen and oxygen atoms in total. The summed E-state index contributed by atoms with van der Waals surface area (Å²) >= 11 is 0. The van der Waals surface area contributed by atoms with Crippen molar-refractivity contribution in [1.82, 2.24) is 0 Å². The fraction of sp³-hybridized carbons (Fsp3) is 0.944. The summed E-state index contributed by atoms with van der Waals surface area (Å²) in [4.78, 5) is 12.1. The molecule has 4 saturated heterocycles. The molecule has 0 aromatic carbocycles. The van der Waals surface area contributed by atoms with Crippen molar-refractivity contribution in [2.45, 2.75) is 95.3 Å². The van der Waals surface area contributed by atoms with Gasteiger partial charge in [-0.05, 0) is 34.6 Å². The molecular formula is C18H28O8. The predicted octanol–water partition coefficient (Wildman–Crippen LogP) is 1.15. The summed E-state index contributed by atoms with van der Waals surface area (Å²) in [6.07, 6.45) is -2.28. The van der Waals surface area contributed by atoms with E-state index in [2.05, 4.69) is 0 Å². The van der Waals surface area contributed by atoms with E-state index in [1.165, 1.54) is 0 Å². The van der Waals surface area contributed by atoms with E-state index in [4.69, 9.17) is 33.2 Å². The van der Waals surface area contributed by atoms with Crippen molar-refractivity contribution >= 4 is 5.97 Å². The Morgan fingerprint density at radius 2 is 1.58 bits per heavy atom. The van der Waals surface area contributed by atoms with E-state index in [0.717, 1.165) is 0 Å². The van der Waals surface area contributed by atoms with Gasteiger partial charge in [-0.2, -0.15) is 0 Å². The van der Waals surface area contributed by atoms with Crippen LogP contribution in [0.4, 0.5) is 0 Å². The van der Waals surface area contributed by atoms with Crippen LogP contribution in [-0.2, 0) is 38.0 Å². The van der Waals surface area contributed by atoms with Gasteiger partial charge in [-0.1, -0.05) is 0 Å². The van der Waals surface area contributed by atoms with E-state index >= 15 is 0 Å². The maximum absolute atomic E-state index is 12.1. The third-order valence-corrected chi connectivity index (χ3v) is 5.22. The Hall–Kier alpha value is -0.770. The van der Waals surface area contributed by atoms with E-state index in [1.54, 1.807) is 6.92 Å². The van der Waals surface area contributed by atoms with Crippen LogP contribution in [-0.4, -0.2) is 73.5 Å². The number of carbonyl (C=O) groups is 1. The summed E-state index contributed by atoms with van der Waals surface area (Å²) in [5, 5.41) is 0. The molecule has 4 aliphatic rings. The van der Waals surface area contributed by atoms with Gasteiger partial charge in [-0.15, -0.1) is 0 Å². The van der Waals surface area contributed by atoms with Crippen molar-refractivity contribution in [2.75, 3.05) is 13.2 Å². The highest BCUT2D eigenvalue weighted by atomic mass is 16.8. The van der Waals surface area contributed by atoms with E-state index in [0.29, 0.717) is 13.2 Å². The summed E-state index contributed by atoms with van der Waals surface area (Å²) in [6.45, 7) is 9.99. The molecule has 0 aliphatic carbocycles. The van der Waals surface area contributed by atoms with Crippen LogP contribution in [0.15, 0.2) is 0 Å². The van der Waals surface area contributed by atoms with Crippen LogP contribution in [0.25, 0.3) is 0 Å². The van der Waals surface area contributed by atoms with Gasteiger partial charge < -0.3 is 33.2 Å². The van der Waals surface area contributed by atoms with Crippen molar-refractivity contribution in [3.05, 3.63) is 0 Å². The van der Waals surface area contributed by atoms with Crippen LogP contribution in [0.2, 0.25) is 0 Å². The van der Waals surface area contributed by atoms with Crippen molar-refractivity contribution < 1.29 is 38.0 Å². The Labute approximate surface area is 153 Å². The lowest BCUT2D eigenvalue weighted by molar-refractivity contribution is -0.304. The summed E-state index contributed by atoms with van der Waals surface area (Å²) in [7, 11) is 0. The second-order valence-corrected chi connectivity index (χ2v) is 8.15. The van der Waals surface area contributed by atoms with Crippen molar-refractivity contribution in [3.8, 4) is 0 Å². The lowest BCUT2D eigenvalue weighted by Crippen LogP contribution is -2.59. The number of ether oxygens (including phenoxy) is 7. The Balaban J connectivity index is 1.58. The van der Waals surface area contributed by atoms with Crippen LogP contribution in [0.5, 0.6) is 0 Å². The highest BCUT2D eigenvalue weighted by Gasteiger charge is 2.63. The molecule has 4 aliphatic heterocycles. The van der Waals surface area contributed by atoms with Crippen LogP contribution in [0.3, 0.4) is 0 Å². The standard InChI is InChI=1S/C18H28O8/c1-6-20-11(19)7-9-12-16(26-18(4,5)25-12)15-14(22-9)13-10(23-15)8-21-17(2,3)24-13/h9-10,12-16H,6-8H2,1-5H3/t9-,10+,12-,13-,14-,15+,16-/m0/s1. The predicted molar refractivity (Wildman–Crippen MR) is 87.3 cm³/mol. The zero-order valence-corrected chi connectivity index (χ0v) is 15.9. The summed E-state index contributed by atoms with van der Waals surface area (Å²) < 4.78 is 41.5. The van der Waals surface area contributed by atoms with Gasteiger partial charge in [0.15, 0.2) is 11.6 Å². The number of esters is 1. The molecule has 26 heavy (non-hydrogen) atoms. The first-order chi connectivity index (χ1) is 12.2. The topological polar surface area (TPSA) is 81.7 Å². The first kappa shape index (κ1) is 18.6. The Kier molecular flexibility index (Phi) is 4.57. The average Bonchev–Trinajstić information content (AvgIpc) is 3.03. The molecule has 0 bridgehead atoms. The first-order valence-corrected chi connectivity index (χ1v) is 9.33. The number of hydrogen-bond donors (Lipinski definition) is 0. The highest BCUT2D eigenvalue weighted by Crippen LogP contribution is 2.46. The molecule has 0 unspecified atom stereocenters. The van der Waals surface area contributed by atoms with Crippen molar-refractivity contribution in [3.63, 3.8) is 0 Å². The number of carbonyl (C=O) groups excluding carboxylic acids is 1. The molecular weight excluding hydrogens is 344 g/mol. The zero-order valence-electron chi connectivity index (χ0n) is 15.9. The van der Waals surface area contributed by atoms with E-state index in [9.17, 15) is 4.79 Å². The Morgan fingerprint density at radius 1 is 0.923 bits per heavy atom. The molecule has 4 fully saturated rings. The molecule has 0 aromatic heterocycles. The number of rotatable bonds is 3. The highest BCUT2D eigenvalue weighted by molar-refractivity contribution is 5.70. The molecule has 148 valence electrons. The first-order valence-electron chi connectivity index (χ1n) is 9.33. The largest absolute Gasteiger partial charge is 0.466 e. The summed E-state index contributed by atoms with van der Waals surface area (Å²) in [5.74, 6) is -1.79. The minimum atomic E-state index is -0.770. The third-order valence-electron chi connectivity index (χ3n) is 5.22. The molecule has 4 heterocycles.